The summed E-state index contributed by atoms with van der Waals surface area (Å²) in [6.07, 6.45) is 11.6. The molecule has 2 aliphatic carbocycles. The fourth-order valence-corrected chi connectivity index (χ4v) is 4.12. The summed E-state index contributed by atoms with van der Waals surface area (Å²) in [6, 6.07) is 0. The van der Waals surface area contributed by atoms with Gasteiger partial charge in [0, 0.05) is 12.5 Å². The highest BCUT2D eigenvalue weighted by Crippen LogP contribution is 2.39. The van der Waals surface area contributed by atoms with E-state index in [0.29, 0.717) is 18.3 Å². The molecule has 110 valence electrons. The van der Waals surface area contributed by atoms with Gasteiger partial charge in [0.2, 0.25) is 0 Å². The van der Waals surface area contributed by atoms with Crippen molar-refractivity contribution in [1.82, 2.24) is 0 Å². The van der Waals surface area contributed by atoms with E-state index in [4.69, 9.17) is 4.74 Å². The molecule has 0 heterocycles. The van der Waals surface area contributed by atoms with Crippen LogP contribution in [-0.2, 0) is 9.53 Å². The molecule has 2 fully saturated rings. The van der Waals surface area contributed by atoms with Crippen molar-refractivity contribution >= 4 is 5.78 Å². The minimum absolute atomic E-state index is 0.277. The number of rotatable bonds is 4. The number of carbonyl (C=O) groups is 1. The molecule has 2 rings (SSSR count). The Hall–Kier alpha value is -0.370. The van der Waals surface area contributed by atoms with Crippen LogP contribution in [-0.4, -0.2) is 18.0 Å². The second-order valence-corrected chi connectivity index (χ2v) is 6.68. The fourth-order valence-electron chi connectivity index (χ4n) is 4.12. The Balaban J connectivity index is 2.10. The molecule has 2 heteroatoms. The van der Waals surface area contributed by atoms with E-state index in [2.05, 4.69) is 6.92 Å². The van der Waals surface area contributed by atoms with Crippen LogP contribution in [0.2, 0.25) is 0 Å². The first kappa shape index (κ1) is 15.0. The van der Waals surface area contributed by atoms with Crippen LogP contribution in [0.1, 0.15) is 78.1 Å². The van der Waals surface area contributed by atoms with Crippen molar-refractivity contribution in [2.75, 3.05) is 6.61 Å². The molecule has 0 saturated heterocycles. The Labute approximate surface area is 118 Å². The zero-order chi connectivity index (χ0) is 13.7. The molecule has 0 N–H and O–H groups in total. The van der Waals surface area contributed by atoms with Gasteiger partial charge in [0.1, 0.15) is 5.60 Å². The first-order valence-corrected chi connectivity index (χ1v) is 8.36. The van der Waals surface area contributed by atoms with Crippen LogP contribution >= 0.6 is 0 Å². The predicted octanol–water partition coefficient (Wildman–Crippen LogP) is 4.51. The van der Waals surface area contributed by atoms with Crippen molar-refractivity contribution in [3.63, 3.8) is 0 Å². The quantitative estimate of drug-likeness (QED) is 0.700. The fraction of sp³-hybridized carbons (Fsp3) is 0.941. The highest BCUT2D eigenvalue weighted by atomic mass is 16.5. The van der Waals surface area contributed by atoms with Crippen LogP contribution in [0.3, 0.4) is 0 Å². The summed E-state index contributed by atoms with van der Waals surface area (Å²) in [5.74, 6) is 1.36. The van der Waals surface area contributed by atoms with Crippen molar-refractivity contribution in [1.29, 1.82) is 0 Å². The zero-order valence-electron chi connectivity index (χ0n) is 12.7. The lowest BCUT2D eigenvalue weighted by molar-refractivity contribution is -0.156. The lowest BCUT2D eigenvalue weighted by Crippen LogP contribution is -2.48. The minimum Gasteiger partial charge on any atom is -0.367 e. The van der Waals surface area contributed by atoms with Crippen LogP contribution in [0.25, 0.3) is 0 Å². The van der Waals surface area contributed by atoms with E-state index in [1.165, 1.54) is 32.1 Å². The van der Waals surface area contributed by atoms with Crippen LogP contribution in [0, 0.1) is 11.8 Å². The SMILES string of the molecule is CCOC1(C(=O)C2CCCCCC2)CCCC(C)C1. The minimum atomic E-state index is -0.429. The third kappa shape index (κ3) is 3.59. The third-order valence-corrected chi connectivity index (χ3v) is 5.05. The Morgan fingerprint density at radius 2 is 1.79 bits per heavy atom. The maximum absolute atomic E-state index is 13.0. The summed E-state index contributed by atoms with van der Waals surface area (Å²) in [5.41, 5.74) is -0.429. The molecular weight excluding hydrogens is 236 g/mol. The van der Waals surface area contributed by atoms with Gasteiger partial charge in [-0.2, -0.15) is 0 Å². The summed E-state index contributed by atoms with van der Waals surface area (Å²) in [7, 11) is 0. The summed E-state index contributed by atoms with van der Waals surface area (Å²) < 4.78 is 6.05. The van der Waals surface area contributed by atoms with Crippen LogP contribution in [0.5, 0.6) is 0 Å². The molecule has 2 unspecified atom stereocenters. The molecule has 0 amide bonds. The van der Waals surface area contributed by atoms with Gasteiger partial charge in [-0.25, -0.2) is 0 Å². The third-order valence-electron chi connectivity index (χ3n) is 5.05. The summed E-state index contributed by atoms with van der Waals surface area (Å²) in [4.78, 5) is 13.0. The summed E-state index contributed by atoms with van der Waals surface area (Å²) in [5, 5.41) is 0. The molecule has 0 aromatic rings. The largest absolute Gasteiger partial charge is 0.367 e. The normalized spacial score (nSPS) is 33.9. The van der Waals surface area contributed by atoms with Crippen LogP contribution < -0.4 is 0 Å². The number of hydrogen-bond acceptors (Lipinski definition) is 2. The second kappa shape index (κ2) is 6.88. The molecule has 0 radical (unpaired) electrons. The first-order chi connectivity index (χ1) is 9.18. The van der Waals surface area contributed by atoms with Crippen molar-refractivity contribution in [3.05, 3.63) is 0 Å². The Bertz CT molecular complexity index is 288. The van der Waals surface area contributed by atoms with Crippen LogP contribution in [0.15, 0.2) is 0 Å². The van der Waals surface area contributed by atoms with E-state index in [1.54, 1.807) is 0 Å². The van der Waals surface area contributed by atoms with E-state index in [-0.39, 0.29) is 5.92 Å². The summed E-state index contributed by atoms with van der Waals surface area (Å²) in [6.45, 7) is 4.97. The Kier molecular flexibility index (Phi) is 5.44. The molecule has 2 aliphatic rings. The molecule has 0 spiro atoms. The van der Waals surface area contributed by atoms with Crippen LogP contribution in [0.4, 0.5) is 0 Å². The maximum atomic E-state index is 13.0. The van der Waals surface area contributed by atoms with Gasteiger partial charge in [-0.05, 0) is 44.9 Å². The van der Waals surface area contributed by atoms with Gasteiger partial charge in [-0.15, -0.1) is 0 Å². The van der Waals surface area contributed by atoms with E-state index in [0.717, 1.165) is 32.1 Å². The lowest BCUT2D eigenvalue weighted by Gasteiger charge is -2.40. The number of ether oxygens (including phenoxy) is 1. The molecule has 0 aromatic heterocycles. The molecule has 0 bridgehead atoms. The smallest absolute Gasteiger partial charge is 0.167 e. The van der Waals surface area contributed by atoms with Gasteiger partial charge < -0.3 is 4.74 Å². The number of Topliss-reactive ketones (excluding diaryl/α,β-unsaturated/α-hetero) is 1. The number of ketones is 1. The molecule has 0 aromatic carbocycles. The predicted molar refractivity (Wildman–Crippen MR) is 78.2 cm³/mol. The van der Waals surface area contributed by atoms with Crippen molar-refractivity contribution in [2.24, 2.45) is 11.8 Å². The molecule has 0 aliphatic heterocycles. The monoisotopic (exact) mass is 266 g/mol. The Morgan fingerprint density at radius 1 is 1.11 bits per heavy atom. The average molecular weight is 266 g/mol. The maximum Gasteiger partial charge on any atom is 0.167 e. The van der Waals surface area contributed by atoms with Gasteiger partial charge >= 0.3 is 0 Å². The average Bonchev–Trinajstić information content (AvgIpc) is 2.67. The molecule has 2 nitrogen and oxygen atoms in total. The van der Waals surface area contributed by atoms with Gasteiger partial charge in [-0.1, -0.05) is 39.0 Å². The molecule has 2 atom stereocenters. The summed E-state index contributed by atoms with van der Waals surface area (Å²) >= 11 is 0. The highest BCUT2D eigenvalue weighted by Gasteiger charge is 2.44. The lowest BCUT2D eigenvalue weighted by atomic mass is 9.72. The van der Waals surface area contributed by atoms with Crippen molar-refractivity contribution in [2.45, 2.75) is 83.7 Å². The van der Waals surface area contributed by atoms with E-state index in [9.17, 15) is 4.79 Å². The van der Waals surface area contributed by atoms with Gasteiger partial charge in [0.25, 0.3) is 0 Å². The Morgan fingerprint density at radius 3 is 2.37 bits per heavy atom. The van der Waals surface area contributed by atoms with E-state index in [1.807, 2.05) is 6.92 Å². The van der Waals surface area contributed by atoms with Gasteiger partial charge in [0.05, 0.1) is 0 Å². The van der Waals surface area contributed by atoms with Crippen molar-refractivity contribution in [3.8, 4) is 0 Å². The highest BCUT2D eigenvalue weighted by molar-refractivity contribution is 5.89. The van der Waals surface area contributed by atoms with Gasteiger partial charge in [0.15, 0.2) is 5.78 Å². The zero-order valence-corrected chi connectivity index (χ0v) is 12.7. The topological polar surface area (TPSA) is 26.3 Å². The molecule has 19 heavy (non-hydrogen) atoms. The first-order valence-electron chi connectivity index (χ1n) is 8.36. The second-order valence-electron chi connectivity index (χ2n) is 6.68. The molecule has 2 saturated carbocycles. The number of hydrogen-bond donors (Lipinski definition) is 0. The number of carbonyl (C=O) groups excluding carboxylic acids is 1. The van der Waals surface area contributed by atoms with Gasteiger partial charge in [-0.3, -0.25) is 4.79 Å². The molecular formula is C17H30O2. The standard InChI is InChI=1S/C17H30O2/c1-3-19-17(12-8-9-14(2)13-17)16(18)15-10-6-4-5-7-11-15/h14-15H,3-13H2,1-2H3. The van der Waals surface area contributed by atoms with E-state index < -0.39 is 5.60 Å². The van der Waals surface area contributed by atoms with E-state index >= 15 is 0 Å². The van der Waals surface area contributed by atoms with Crippen molar-refractivity contribution < 1.29 is 9.53 Å².